The van der Waals surface area contributed by atoms with Gasteiger partial charge in [0.2, 0.25) is 10.0 Å². The average Bonchev–Trinajstić information content (AvgIpc) is 2.90. The van der Waals surface area contributed by atoms with Crippen molar-refractivity contribution in [3.05, 3.63) is 63.8 Å². The molecule has 0 saturated heterocycles. The summed E-state index contributed by atoms with van der Waals surface area (Å²) in [5.74, 6) is 0. The van der Waals surface area contributed by atoms with Gasteiger partial charge in [0.1, 0.15) is 0 Å². The number of fused-ring (bicyclic) bond motifs is 1. The fraction of sp³-hybridized carbons (Fsp3) is 0.316. The Kier molecular flexibility index (Phi) is 5.05. The third-order valence-electron chi connectivity index (χ3n) is 4.43. The van der Waals surface area contributed by atoms with E-state index in [-0.39, 0.29) is 9.77 Å². The number of benzene rings is 2. The lowest BCUT2D eigenvalue weighted by Crippen LogP contribution is -2.42. The summed E-state index contributed by atoms with van der Waals surface area (Å²) in [4.78, 5) is 12.5. The van der Waals surface area contributed by atoms with E-state index >= 15 is 0 Å². The summed E-state index contributed by atoms with van der Waals surface area (Å²) < 4.78 is 30.3. The molecule has 0 atom stereocenters. The maximum Gasteiger partial charge on any atom is 0.308 e. The van der Waals surface area contributed by atoms with Gasteiger partial charge in [-0.25, -0.2) is 13.1 Å². The highest BCUT2D eigenvalue weighted by Gasteiger charge is 2.25. The zero-order valence-electron chi connectivity index (χ0n) is 15.0. The SMILES string of the molecule is CCC(C)(C)NS(=O)(=O)c1ccc2c(c1)sc(=O)n2Cc1ccccc1. The quantitative estimate of drug-likeness (QED) is 0.699. The summed E-state index contributed by atoms with van der Waals surface area (Å²) in [6.07, 6.45) is 0.676. The number of aromatic nitrogens is 1. The van der Waals surface area contributed by atoms with Crippen LogP contribution in [0.15, 0.2) is 58.2 Å². The molecule has 2 aromatic carbocycles. The minimum atomic E-state index is -3.64. The lowest BCUT2D eigenvalue weighted by molar-refractivity contribution is 0.439. The standard InChI is InChI=1S/C19H22N2O3S2/c1-4-19(2,3)20-26(23,24)15-10-11-16-17(12-15)25-18(22)21(16)13-14-8-6-5-7-9-14/h5-12,20H,4,13H2,1-3H3. The summed E-state index contributed by atoms with van der Waals surface area (Å²) in [6.45, 7) is 6.09. The van der Waals surface area contributed by atoms with Gasteiger partial charge in [-0.15, -0.1) is 0 Å². The molecule has 138 valence electrons. The third-order valence-corrected chi connectivity index (χ3v) is 7.07. The Bertz CT molecular complexity index is 1080. The van der Waals surface area contributed by atoms with Gasteiger partial charge < -0.3 is 0 Å². The molecule has 0 radical (unpaired) electrons. The highest BCUT2D eigenvalue weighted by atomic mass is 32.2. The van der Waals surface area contributed by atoms with Gasteiger partial charge in [0.25, 0.3) is 0 Å². The molecule has 0 spiro atoms. The lowest BCUT2D eigenvalue weighted by atomic mass is 10.0. The van der Waals surface area contributed by atoms with E-state index in [9.17, 15) is 13.2 Å². The van der Waals surface area contributed by atoms with Crippen LogP contribution in [0.3, 0.4) is 0 Å². The van der Waals surface area contributed by atoms with Gasteiger partial charge in [-0.2, -0.15) is 0 Å². The molecule has 0 aliphatic carbocycles. The average molecular weight is 391 g/mol. The van der Waals surface area contributed by atoms with Crippen LogP contribution in [0.25, 0.3) is 10.2 Å². The molecule has 1 heterocycles. The van der Waals surface area contributed by atoms with E-state index < -0.39 is 15.6 Å². The molecule has 1 N–H and O–H groups in total. The highest BCUT2D eigenvalue weighted by Crippen LogP contribution is 2.24. The number of rotatable bonds is 6. The van der Waals surface area contributed by atoms with Crippen LogP contribution in [0.4, 0.5) is 0 Å². The van der Waals surface area contributed by atoms with Crippen molar-refractivity contribution < 1.29 is 8.42 Å². The van der Waals surface area contributed by atoms with E-state index in [4.69, 9.17) is 0 Å². The van der Waals surface area contributed by atoms with Crippen molar-refractivity contribution in [3.8, 4) is 0 Å². The molecule has 0 fully saturated rings. The van der Waals surface area contributed by atoms with Gasteiger partial charge >= 0.3 is 4.87 Å². The molecular weight excluding hydrogens is 368 g/mol. The molecule has 0 aliphatic rings. The van der Waals surface area contributed by atoms with E-state index in [1.165, 1.54) is 0 Å². The van der Waals surface area contributed by atoms with Crippen LogP contribution >= 0.6 is 11.3 Å². The molecule has 0 unspecified atom stereocenters. The van der Waals surface area contributed by atoms with E-state index in [0.29, 0.717) is 17.7 Å². The summed E-state index contributed by atoms with van der Waals surface area (Å²) in [5.41, 5.74) is 1.25. The largest absolute Gasteiger partial charge is 0.308 e. The fourth-order valence-corrected chi connectivity index (χ4v) is 5.14. The van der Waals surface area contributed by atoms with Crippen LogP contribution in [-0.4, -0.2) is 18.5 Å². The second kappa shape index (κ2) is 6.98. The number of hydrogen-bond acceptors (Lipinski definition) is 4. The van der Waals surface area contributed by atoms with Crippen molar-refractivity contribution in [1.82, 2.24) is 9.29 Å². The van der Waals surface area contributed by atoms with Crippen LogP contribution < -0.4 is 9.60 Å². The third kappa shape index (κ3) is 3.90. The summed E-state index contributed by atoms with van der Waals surface area (Å²) in [6, 6.07) is 14.6. The van der Waals surface area contributed by atoms with Crippen molar-refractivity contribution in [2.24, 2.45) is 0 Å². The van der Waals surface area contributed by atoms with Gasteiger partial charge in [-0.3, -0.25) is 9.36 Å². The molecule has 0 bridgehead atoms. The summed E-state index contributed by atoms with van der Waals surface area (Å²) in [5, 5.41) is 0. The van der Waals surface area contributed by atoms with E-state index in [0.717, 1.165) is 22.4 Å². The first-order chi connectivity index (χ1) is 12.2. The first-order valence-electron chi connectivity index (χ1n) is 8.43. The molecule has 3 rings (SSSR count). The Hall–Kier alpha value is -1.96. The molecule has 26 heavy (non-hydrogen) atoms. The number of nitrogens with zero attached hydrogens (tertiary/aromatic N) is 1. The molecular formula is C19H22N2O3S2. The number of nitrogens with one attached hydrogen (secondary N) is 1. The van der Waals surface area contributed by atoms with E-state index in [1.807, 2.05) is 51.1 Å². The molecule has 0 amide bonds. The summed E-state index contributed by atoms with van der Waals surface area (Å²) in [7, 11) is -3.64. The molecule has 3 aromatic rings. The maximum atomic E-state index is 12.6. The van der Waals surface area contributed by atoms with E-state index in [2.05, 4.69) is 4.72 Å². The zero-order valence-corrected chi connectivity index (χ0v) is 16.7. The second-order valence-electron chi connectivity index (χ2n) is 6.91. The Morgan fingerprint density at radius 1 is 1.12 bits per heavy atom. The topological polar surface area (TPSA) is 68.2 Å². The Balaban J connectivity index is 2.00. The van der Waals surface area contributed by atoms with Crippen LogP contribution in [0.2, 0.25) is 0 Å². The van der Waals surface area contributed by atoms with Crippen LogP contribution in [0.5, 0.6) is 0 Å². The Labute approximate surface area is 157 Å². The predicted octanol–water partition coefficient (Wildman–Crippen LogP) is 3.58. The minimum Gasteiger partial charge on any atom is -0.294 e. The van der Waals surface area contributed by atoms with Crippen molar-refractivity contribution in [1.29, 1.82) is 0 Å². The highest BCUT2D eigenvalue weighted by molar-refractivity contribution is 7.89. The fourth-order valence-electron chi connectivity index (χ4n) is 2.62. The summed E-state index contributed by atoms with van der Waals surface area (Å²) >= 11 is 1.07. The van der Waals surface area contributed by atoms with Crippen molar-refractivity contribution in [3.63, 3.8) is 0 Å². The maximum absolute atomic E-state index is 12.6. The smallest absolute Gasteiger partial charge is 0.294 e. The Morgan fingerprint density at radius 3 is 2.46 bits per heavy atom. The van der Waals surface area contributed by atoms with Crippen LogP contribution in [0, 0.1) is 0 Å². The number of hydrogen-bond donors (Lipinski definition) is 1. The molecule has 0 aliphatic heterocycles. The Morgan fingerprint density at radius 2 is 1.81 bits per heavy atom. The number of thiazole rings is 1. The monoisotopic (exact) mass is 390 g/mol. The first kappa shape index (κ1) is 18.8. The minimum absolute atomic E-state index is 0.0970. The van der Waals surface area contributed by atoms with Gasteiger partial charge in [0.05, 0.1) is 21.7 Å². The second-order valence-corrected chi connectivity index (χ2v) is 9.59. The molecule has 5 nitrogen and oxygen atoms in total. The van der Waals surface area contributed by atoms with Crippen molar-refractivity contribution in [2.45, 2.75) is 44.2 Å². The van der Waals surface area contributed by atoms with E-state index in [1.54, 1.807) is 22.8 Å². The lowest BCUT2D eigenvalue weighted by Gasteiger charge is -2.24. The van der Waals surface area contributed by atoms with Gasteiger partial charge in [0.15, 0.2) is 0 Å². The van der Waals surface area contributed by atoms with Crippen molar-refractivity contribution >= 4 is 31.6 Å². The normalized spacial score (nSPS) is 12.6. The predicted molar refractivity (Wildman–Crippen MR) is 106 cm³/mol. The van der Waals surface area contributed by atoms with Crippen LogP contribution in [-0.2, 0) is 16.6 Å². The molecule has 0 saturated carbocycles. The van der Waals surface area contributed by atoms with Crippen molar-refractivity contribution in [2.75, 3.05) is 0 Å². The van der Waals surface area contributed by atoms with Gasteiger partial charge in [0, 0.05) is 5.54 Å². The van der Waals surface area contributed by atoms with Crippen LogP contribution in [0.1, 0.15) is 32.8 Å². The molecule has 1 aromatic heterocycles. The van der Waals surface area contributed by atoms with Gasteiger partial charge in [-0.1, -0.05) is 48.6 Å². The molecule has 7 heteroatoms. The zero-order chi connectivity index (χ0) is 18.9. The number of sulfonamides is 1. The first-order valence-corrected chi connectivity index (χ1v) is 10.7. The van der Waals surface area contributed by atoms with Gasteiger partial charge in [-0.05, 0) is 44.0 Å².